The number of nitrogens with one attached hydrogen (secondary N) is 1. The largest absolute Gasteiger partial charge is 0.481 e. The van der Waals surface area contributed by atoms with Crippen LogP contribution in [-0.4, -0.2) is 22.3 Å². The van der Waals surface area contributed by atoms with Gasteiger partial charge in [0, 0.05) is 5.02 Å². The molecule has 112 valence electrons. The molecule has 1 aromatic heterocycles. The normalized spacial score (nSPS) is 12.0. The summed E-state index contributed by atoms with van der Waals surface area (Å²) in [5.41, 5.74) is 2.31. The molecular weight excluding hydrogens is 294 g/mol. The SMILES string of the molecule is Cc1cc(OC(C)C(=O)Nc2nonc2C)cc(C)c1Cl. The van der Waals surface area contributed by atoms with Gasteiger partial charge in [0.15, 0.2) is 11.9 Å². The highest BCUT2D eigenvalue weighted by Crippen LogP contribution is 2.26. The second-order valence-electron chi connectivity index (χ2n) is 4.82. The summed E-state index contributed by atoms with van der Waals surface area (Å²) in [5, 5.41) is 10.5. The summed E-state index contributed by atoms with van der Waals surface area (Å²) < 4.78 is 10.2. The Kier molecular flexibility index (Phi) is 4.47. The topological polar surface area (TPSA) is 77.2 Å². The van der Waals surface area contributed by atoms with Crippen molar-refractivity contribution in [2.45, 2.75) is 33.8 Å². The van der Waals surface area contributed by atoms with Crippen LogP contribution in [0, 0.1) is 20.8 Å². The van der Waals surface area contributed by atoms with Gasteiger partial charge in [0.1, 0.15) is 11.4 Å². The molecule has 1 N–H and O–H groups in total. The molecule has 0 saturated heterocycles. The predicted molar refractivity (Wildman–Crippen MR) is 78.7 cm³/mol. The third kappa shape index (κ3) is 3.52. The van der Waals surface area contributed by atoms with Gasteiger partial charge in [0.05, 0.1) is 0 Å². The molecule has 0 fully saturated rings. The van der Waals surface area contributed by atoms with E-state index in [0.29, 0.717) is 22.3 Å². The number of ether oxygens (including phenoxy) is 1. The van der Waals surface area contributed by atoms with Gasteiger partial charge in [-0.1, -0.05) is 16.8 Å². The van der Waals surface area contributed by atoms with Crippen LogP contribution in [0.15, 0.2) is 16.8 Å². The summed E-state index contributed by atoms with van der Waals surface area (Å²) in [4.78, 5) is 12.0. The minimum atomic E-state index is -0.693. The summed E-state index contributed by atoms with van der Waals surface area (Å²) in [6, 6.07) is 3.59. The zero-order valence-corrected chi connectivity index (χ0v) is 13.0. The van der Waals surface area contributed by atoms with Crippen molar-refractivity contribution in [3.8, 4) is 5.75 Å². The number of nitrogens with zero attached hydrogens (tertiary/aromatic N) is 2. The molecule has 1 amide bonds. The van der Waals surface area contributed by atoms with E-state index in [4.69, 9.17) is 16.3 Å². The van der Waals surface area contributed by atoms with Gasteiger partial charge in [0.25, 0.3) is 5.91 Å². The van der Waals surface area contributed by atoms with E-state index in [9.17, 15) is 4.79 Å². The van der Waals surface area contributed by atoms with E-state index >= 15 is 0 Å². The van der Waals surface area contributed by atoms with Crippen LogP contribution in [0.2, 0.25) is 5.02 Å². The highest BCUT2D eigenvalue weighted by Gasteiger charge is 2.18. The number of rotatable bonds is 4. The molecule has 21 heavy (non-hydrogen) atoms. The molecule has 7 heteroatoms. The van der Waals surface area contributed by atoms with Crippen LogP contribution in [0.25, 0.3) is 0 Å². The van der Waals surface area contributed by atoms with E-state index in [2.05, 4.69) is 20.3 Å². The lowest BCUT2D eigenvalue weighted by Crippen LogP contribution is -2.30. The molecule has 0 aliphatic rings. The molecule has 0 aliphatic carbocycles. The third-order valence-corrected chi connectivity index (χ3v) is 3.58. The lowest BCUT2D eigenvalue weighted by molar-refractivity contribution is -0.122. The quantitative estimate of drug-likeness (QED) is 0.939. The number of benzene rings is 1. The van der Waals surface area contributed by atoms with Gasteiger partial charge in [-0.15, -0.1) is 0 Å². The van der Waals surface area contributed by atoms with Gasteiger partial charge >= 0.3 is 0 Å². The Bertz CT molecular complexity index is 646. The fourth-order valence-electron chi connectivity index (χ4n) is 1.80. The van der Waals surface area contributed by atoms with Crippen molar-refractivity contribution in [3.05, 3.63) is 34.0 Å². The van der Waals surface area contributed by atoms with Gasteiger partial charge in [-0.3, -0.25) is 4.79 Å². The molecule has 6 nitrogen and oxygen atoms in total. The molecule has 1 aromatic carbocycles. The lowest BCUT2D eigenvalue weighted by atomic mass is 10.1. The minimum Gasteiger partial charge on any atom is -0.481 e. The van der Waals surface area contributed by atoms with Gasteiger partial charge in [-0.05, 0) is 56.1 Å². The first-order valence-corrected chi connectivity index (χ1v) is 6.79. The van der Waals surface area contributed by atoms with Crippen LogP contribution in [0.4, 0.5) is 5.82 Å². The van der Waals surface area contributed by atoms with Crippen molar-refractivity contribution in [1.82, 2.24) is 10.3 Å². The predicted octanol–water partition coefficient (Wildman–Crippen LogP) is 3.05. The number of anilines is 1. The Morgan fingerprint density at radius 3 is 2.43 bits per heavy atom. The first-order chi connectivity index (χ1) is 9.88. The second kappa shape index (κ2) is 6.13. The molecule has 2 rings (SSSR count). The van der Waals surface area contributed by atoms with Crippen LogP contribution >= 0.6 is 11.6 Å². The van der Waals surface area contributed by atoms with Crippen molar-refractivity contribution in [1.29, 1.82) is 0 Å². The second-order valence-corrected chi connectivity index (χ2v) is 5.20. The van der Waals surface area contributed by atoms with Crippen LogP contribution in [0.5, 0.6) is 5.75 Å². The molecule has 1 unspecified atom stereocenters. The number of aromatic nitrogens is 2. The Hall–Kier alpha value is -2.08. The zero-order valence-electron chi connectivity index (χ0n) is 12.2. The Balaban J connectivity index is 2.06. The molecule has 1 heterocycles. The fourth-order valence-corrected chi connectivity index (χ4v) is 1.90. The maximum absolute atomic E-state index is 12.0. The van der Waals surface area contributed by atoms with E-state index in [0.717, 1.165) is 11.1 Å². The smallest absolute Gasteiger partial charge is 0.266 e. The van der Waals surface area contributed by atoms with Crippen molar-refractivity contribution in [2.24, 2.45) is 0 Å². The monoisotopic (exact) mass is 309 g/mol. The first-order valence-electron chi connectivity index (χ1n) is 6.42. The standard InChI is InChI=1S/C14H16ClN3O3/c1-7-5-11(6-8(2)12(7)15)20-10(4)14(19)16-13-9(3)17-21-18-13/h5-6,10H,1-4H3,(H,16,18,19). The van der Waals surface area contributed by atoms with Crippen molar-refractivity contribution in [2.75, 3.05) is 5.32 Å². The van der Waals surface area contributed by atoms with Gasteiger partial charge in [0.2, 0.25) is 0 Å². The van der Waals surface area contributed by atoms with E-state index < -0.39 is 6.10 Å². The number of hydrogen-bond acceptors (Lipinski definition) is 5. The molecule has 0 bridgehead atoms. The molecular formula is C14H16ClN3O3. The molecule has 1 atom stereocenters. The third-order valence-electron chi connectivity index (χ3n) is 2.99. The van der Waals surface area contributed by atoms with E-state index in [1.54, 1.807) is 26.0 Å². The summed E-state index contributed by atoms with van der Waals surface area (Å²) >= 11 is 6.10. The van der Waals surface area contributed by atoms with Crippen LogP contribution in [0.3, 0.4) is 0 Å². The molecule has 0 aliphatic heterocycles. The van der Waals surface area contributed by atoms with Gasteiger partial charge < -0.3 is 10.1 Å². The van der Waals surface area contributed by atoms with Gasteiger partial charge in [-0.25, -0.2) is 4.63 Å². The number of carbonyl (C=O) groups is 1. The highest BCUT2D eigenvalue weighted by atomic mass is 35.5. The average Bonchev–Trinajstić information content (AvgIpc) is 2.81. The number of carbonyl (C=O) groups excluding carboxylic acids is 1. The molecule has 0 saturated carbocycles. The summed E-state index contributed by atoms with van der Waals surface area (Å²) in [6.45, 7) is 7.11. The number of halogens is 1. The minimum absolute atomic E-state index is 0.291. The van der Waals surface area contributed by atoms with Crippen molar-refractivity contribution >= 4 is 23.3 Å². The summed E-state index contributed by atoms with van der Waals surface area (Å²) in [5.74, 6) is 0.546. The fraction of sp³-hybridized carbons (Fsp3) is 0.357. The number of amides is 1. The summed E-state index contributed by atoms with van der Waals surface area (Å²) in [6.07, 6.45) is -0.693. The molecule has 0 radical (unpaired) electrons. The van der Waals surface area contributed by atoms with Crippen molar-refractivity contribution < 1.29 is 14.2 Å². The Labute approximate surface area is 127 Å². The van der Waals surface area contributed by atoms with E-state index in [1.165, 1.54) is 0 Å². The lowest BCUT2D eigenvalue weighted by Gasteiger charge is -2.15. The van der Waals surface area contributed by atoms with E-state index in [-0.39, 0.29) is 5.91 Å². The highest BCUT2D eigenvalue weighted by molar-refractivity contribution is 6.32. The average molecular weight is 310 g/mol. The maximum Gasteiger partial charge on any atom is 0.266 e. The Morgan fingerprint density at radius 2 is 1.90 bits per heavy atom. The molecule has 0 spiro atoms. The maximum atomic E-state index is 12.0. The Morgan fingerprint density at radius 1 is 1.29 bits per heavy atom. The zero-order chi connectivity index (χ0) is 15.6. The van der Waals surface area contributed by atoms with Crippen LogP contribution in [-0.2, 0) is 4.79 Å². The first kappa shape index (κ1) is 15.3. The van der Waals surface area contributed by atoms with E-state index in [1.807, 2.05) is 13.8 Å². The summed E-state index contributed by atoms with van der Waals surface area (Å²) in [7, 11) is 0. The van der Waals surface area contributed by atoms with Crippen LogP contribution < -0.4 is 10.1 Å². The van der Waals surface area contributed by atoms with Gasteiger partial charge in [-0.2, -0.15) is 0 Å². The number of hydrogen-bond donors (Lipinski definition) is 1. The number of aryl methyl sites for hydroxylation is 3. The van der Waals surface area contributed by atoms with Crippen molar-refractivity contribution in [3.63, 3.8) is 0 Å². The van der Waals surface area contributed by atoms with Crippen LogP contribution in [0.1, 0.15) is 23.7 Å². The molecule has 2 aromatic rings.